The molecule has 0 saturated carbocycles. The highest BCUT2D eigenvalue weighted by Crippen LogP contribution is 2.24. The van der Waals surface area contributed by atoms with Crippen LogP contribution in [0, 0.1) is 5.21 Å². The van der Waals surface area contributed by atoms with Crippen LogP contribution in [0.3, 0.4) is 0 Å². The van der Waals surface area contributed by atoms with E-state index < -0.39 is 11.5 Å². The lowest BCUT2D eigenvalue weighted by Gasteiger charge is -2.35. The van der Waals surface area contributed by atoms with Crippen LogP contribution < -0.4 is 10.4 Å². The van der Waals surface area contributed by atoms with E-state index in [1.807, 2.05) is 37.3 Å². The molecule has 2 aliphatic heterocycles. The molecule has 0 aromatic heterocycles. The van der Waals surface area contributed by atoms with Crippen LogP contribution in [-0.2, 0) is 18.1 Å². The molecule has 2 heterocycles. The normalized spacial score (nSPS) is 30.4. The molecular weight excluding hydrogens is 276 g/mol. The number of nitrogens with zero attached hydrogens (tertiary/aromatic N) is 2. The predicted octanol–water partition coefficient (Wildman–Crippen LogP) is -0.486. The number of nitrogens with one attached hydrogen (secondary N) is 2. The first-order valence-electron chi connectivity index (χ1n) is 6.56. The fourth-order valence-electron chi connectivity index (χ4n) is 2.55. The van der Waals surface area contributed by atoms with Crippen LogP contribution in [0.15, 0.2) is 41.8 Å². The Bertz CT molecular complexity index is 524. The molecule has 2 aliphatic rings. The Morgan fingerprint density at radius 3 is 2.80 bits per heavy atom. The Kier molecular flexibility index (Phi) is 3.61. The molecule has 0 amide bonds. The van der Waals surface area contributed by atoms with Crippen LogP contribution in [0.4, 0.5) is 0 Å². The highest BCUT2D eigenvalue weighted by molar-refractivity contribution is 7.86. The Hall–Kier alpha value is -1.25. The molecule has 1 aromatic rings. The van der Waals surface area contributed by atoms with Gasteiger partial charge in [0.2, 0.25) is 0 Å². The molecule has 7 heteroatoms. The van der Waals surface area contributed by atoms with E-state index >= 15 is 0 Å². The first kappa shape index (κ1) is 13.7. The third-order valence-electron chi connectivity index (χ3n) is 3.56. The van der Waals surface area contributed by atoms with E-state index in [1.54, 1.807) is 15.7 Å². The Balaban J connectivity index is 1.92. The van der Waals surface area contributed by atoms with Crippen LogP contribution in [-0.4, -0.2) is 32.9 Å². The first-order valence-corrected chi connectivity index (χ1v) is 7.63. The van der Waals surface area contributed by atoms with Gasteiger partial charge in [-0.15, -0.1) is 8.61 Å². The number of hydroxylamine groups is 2. The SMILES string of the molecule is CC1NC2=C(N(Cc3ccccc3)[S+]([O-])N(C)C2)[NH+]1[O-]. The van der Waals surface area contributed by atoms with E-state index in [0.717, 1.165) is 11.3 Å². The Morgan fingerprint density at radius 2 is 2.10 bits per heavy atom. The zero-order valence-electron chi connectivity index (χ0n) is 11.5. The summed E-state index contributed by atoms with van der Waals surface area (Å²) in [4.78, 5) is 0. The molecule has 0 saturated heterocycles. The maximum atomic E-state index is 12.5. The summed E-state index contributed by atoms with van der Waals surface area (Å²) in [6, 6.07) is 9.78. The topological polar surface area (TPSA) is 69.1 Å². The summed E-state index contributed by atoms with van der Waals surface area (Å²) in [5, 5.41) is 15.5. The van der Waals surface area contributed by atoms with Crippen LogP contribution in [0.25, 0.3) is 0 Å². The average Bonchev–Trinajstić information content (AvgIpc) is 2.71. The van der Waals surface area contributed by atoms with E-state index in [0.29, 0.717) is 18.9 Å². The Labute approximate surface area is 121 Å². The van der Waals surface area contributed by atoms with Crippen molar-refractivity contribution < 1.29 is 9.62 Å². The van der Waals surface area contributed by atoms with Gasteiger partial charge < -0.3 is 20.1 Å². The van der Waals surface area contributed by atoms with Crippen LogP contribution in [0.1, 0.15) is 12.5 Å². The summed E-state index contributed by atoms with van der Waals surface area (Å²) in [5.74, 6) is 0.581. The summed E-state index contributed by atoms with van der Waals surface area (Å²) in [6.45, 7) is 2.82. The highest BCUT2D eigenvalue weighted by Gasteiger charge is 2.45. The molecule has 6 nitrogen and oxygen atoms in total. The number of hydrogen-bond donors (Lipinski definition) is 2. The van der Waals surface area contributed by atoms with Gasteiger partial charge in [-0.25, -0.2) is 0 Å². The van der Waals surface area contributed by atoms with E-state index in [9.17, 15) is 9.76 Å². The second kappa shape index (κ2) is 5.27. The number of hydrogen-bond acceptors (Lipinski definition) is 5. The first-order chi connectivity index (χ1) is 9.58. The number of likely N-dealkylation sites (N-methyl/N-ethyl adjacent to an activating group) is 1. The van der Waals surface area contributed by atoms with Crippen molar-refractivity contribution in [2.75, 3.05) is 13.6 Å². The van der Waals surface area contributed by atoms with Crippen LogP contribution >= 0.6 is 0 Å². The van der Waals surface area contributed by atoms with Crippen molar-refractivity contribution in [3.05, 3.63) is 52.6 Å². The van der Waals surface area contributed by atoms with Gasteiger partial charge in [0.15, 0.2) is 17.7 Å². The van der Waals surface area contributed by atoms with Gasteiger partial charge in [0, 0.05) is 14.0 Å². The maximum Gasteiger partial charge on any atom is 0.268 e. The van der Waals surface area contributed by atoms with Crippen molar-refractivity contribution in [2.24, 2.45) is 0 Å². The summed E-state index contributed by atoms with van der Waals surface area (Å²) >= 11 is -1.32. The molecule has 0 bridgehead atoms. The monoisotopic (exact) mass is 294 g/mol. The third kappa shape index (κ3) is 2.27. The zero-order chi connectivity index (χ0) is 14.3. The molecule has 2 N–H and O–H groups in total. The third-order valence-corrected chi connectivity index (χ3v) is 4.91. The fourth-order valence-corrected chi connectivity index (χ4v) is 3.74. The van der Waals surface area contributed by atoms with E-state index in [4.69, 9.17) is 0 Å². The van der Waals surface area contributed by atoms with Crippen LogP contribution in [0.5, 0.6) is 0 Å². The predicted molar refractivity (Wildman–Crippen MR) is 76.7 cm³/mol. The maximum absolute atomic E-state index is 12.5. The average molecular weight is 294 g/mol. The summed E-state index contributed by atoms with van der Waals surface area (Å²) in [7, 11) is 1.80. The largest absolute Gasteiger partial charge is 0.626 e. The van der Waals surface area contributed by atoms with Crippen molar-refractivity contribution in [1.29, 1.82) is 0 Å². The standard InChI is InChI=1S/C13H18N4O2S/c1-10-14-12-9-15(2)20(19)16(13(12)17(10)18)8-11-6-4-3-5-7-11/h3-7,10,14,17H,8-9H2,1-2H3. The number of benzene rings is 1. The molecule has 3 rings (SSSR count). The molecule has 0 spiro atoms. The number of rotatable bonds is 2. The quantitative estimate of drug-likeness (QED) is 0.569. The molecule has 108 valence electrons. The van der Waals surface area contributed by atoms with Gasteiger partial charge in [-0.3, -0.25) is 0 Å². The molecule has 20 heavy (non-hydrogen) atoms. The molecule has 3 atom stereocenters. The van der Waals surface area contributed by atoms with Crippen molar-refractivity contribution in [2.45, 2.75) is 19.6 Å². The highest BCUT2D eigenvalue weighted by atomic mass is 32.2. The Morgan fingerprint density at radius 1 is 1.40 bits per heavy atom. The second-order valence-electron chi connectivity index (χ2n) is 5.10. The molecule has 0 radical (unpaired) electrons. The lowest BCUT2D eigenvalue weighted by molar-refractivity contribution is -0.836. The number of quaternary nitrogens is 1. The van der Waals surface area contributed by atoms with Crippen LogP contribution in [0.2, 0.25) is 0 Å². The summed E-state index contributed by atoms with van der Waals surface area (Å²) in [5.41, 5.74) is 1.91. The molecular formula is C13H18N4O2S. The van der Waals surface area contributed by atoms with Gasteiger partial charge in [0.1, 0.15) is 5.70 Å². The fraction of sp³-hybridized carbons (Fsp3) is 0.385. The zero-order valence-corrected chi connectivity index (χ0v) is 12.3. The lowest BCUT2D eigenvalue weighted by atomic mass is 10.2. The van der Waals surface area contributed by atoms with Gasteiger partial charge in [-0.2, -0.15) is 0 Å². The van der Waals surface area contributed by atoms with Gasteiger partial charge in [-0.05, 0) is 5.56 Å². The molecule has 0 aliphatic carbocycles. The van der Waals surface area contributed by atoms with E-state index in [2.05, 4.69) is 5.32 Å². The van der Waals surface area contributed by atoms with Crippen molar-refractivity contribution in [3.8, 4) is 0 Å². The molecule has 0 fully saturated rings. The van der Waals surface area contributed by atoms with E-state index in [-0.39, 0.29) is 11.2 Å². The van der Waals surface area contributed by atoms with E-state index in [1.165, 1.54) is 0 Å². The van der Waals surface area contributed by atoms with Crippen molar-refractivity contribution in [3.63, 3.8) is 0 Å². The van der Waals surface area contributed by atoms with Gasteiger partial charge in [0.25, 0.3) is 5.82 Å². The summed E-state index contributed by atoms with van der Waals surface area (Å²) in [6.07, 6.45) is -0.234. The molecule has 1 aromatic carbocycles. The van der Waals surface area contributed by atoms with Crippen molar-refractivity contribution >= 4 is 11.5 Å². The van der Waals surface area contributed by atoms with Crippen molar-refractivity contribution in [1.82, 2.24) is 13.9 Å². The minimum Gasteiger partial charge on any atom is -0.626 e. The molecule has 3 unspecified atom stereocenters. The smallest absolute Gasteiger partial charge is 0.268 e. The minimum absolute atomic E-state index is 0.0254. The van der Waals surface area contributed by atoms with Gasteiger partial charge >= 0.3 is 0 Å². The van der Waals surface area contributed by atoms with Gasteiger partial charge in [-0.1, -0.05) is 30.3 Å². The summed E-state index contributed by atoms with van der Waals surface area (Å²) < 4.78 is 15.9. The lowest BCUT2D eigenvalue weighted by Crippen LogP contribution is -3.10. The minimum atomic E-state index is -1.32. The van der Waals surface area contributed by atoms with Gasteiger partial charge in [0.05, 0.1) is 13.1 Å². The second-order valence-corrected chi connectivity index (χ2v) is 6.62.